The van der Waals surface area contributed by atoms with E-state index in [1.54, 1.807) is 0 Å². The smallest absolute Gasteiger partial charge is 0.414 e. The number of hydrogen-bond acceptors (Lipinski definition) is 4. The maximum atomic E-state index is 9.10. The molecule has 6 nitrogen and oxygen atoms in total. The second-order valence-electron chi connectivity index (χ2n) is 4.78. The molecule has 0 aliphatic carbocycles. The number of para-hydroxylation sites is 1. The number of benzene rings is 2. The van der Waals surface area contributed by atoms with Crippen LogP contribution in [0.25, 0.3) is 11.1 Å². The lowest BCUT2D eigenvalue weighted by molar-refractivity contribution is -0.159. The molecule has 0 fully saturated rings. The molecule has 0 saturated carbocycles. The van der Waals surface area contributed by atoms with Crippen molar-refractivity contribution >= 4 is 11.9 Å². The predicted molar refractivity (Wildman–Crippen MR) is 91.2 cm³/mol. The first-order valence-electron chi connectivity index (χ1n) is 7.44. The topological polar surface area (TPSA) is 95.9 Å². The van der Waals surface area contributed by atoms with E-state index in [-0.39, 0.29) is 0 Å². The molecule has 0 aliphatic rings. The van der Waals surface area contributed by atoms with Crippen LogP contribution in [0.4, 0.5) is 0 Å². The second kappa shape index (κ2) is 10.8. The van der Waals surface area contributed by atoms with Gasteiger partial charge in [-0.1, -0.05) is 48.5 Å². The summed E-state index contributed by atoms with van der Waals surface area (Å²) in [6.07, 6.45) is 1.01. The third-order valence-corrected chi connectivity index (χ3v) is 2.98. The average Bonchev–Trinajstić information content (AvgIpc) is 2.60. The van der Waals surface area contributed by atoms with Crippen molar-refractivity contribution in [2.45, 2.75) is 6.42 Å². The van der Waals surface area contributed by atoms with Gasteiger partial charge < -0.3 is 20.3 Å². The predicted octanol–water partition coefficient (Wildman–Crippen LogP) is 2.50. The summed E-state index contributed by atoms with van der Waals surface area (Å²) < 4.78 is 5.85. The van der Waals surface area contributed by atoms with E-state index in [2.05, 4.69) is 23.5 Å². The first-order chi connectivity index (χ1) is 11.6. The van der Waals surface area contributed by atoms with E-state index in [0.29, 0.717) is 0 Å². The number of hydrogen-bond donors (Lipinski definition) is 3. The van der Waals surface area contributed by atoms with E-state index >= 15 is 0 Å². The largest absolute Gasteiger partial charge is 0.493 e. The minimum atomic E-state index is -1.82. The maximum absolute atomic E-state index is 9.10. The van der Waals surface area contributed by atoms with Crippen molar-refractivity contribution in [3.63, 3.8) is 0 Å². The number of carboxylic acid groups (broad SMARTS) is 2. The van der Waals surface area contributed by atoms with Crippen LogP contribution in [0.5, 0.6) is 5.75 Å². The van der Waals surface area contributed by atoms with Gasteiger partial charge in [-0.3, -0.25) is 0 Å². The first kappa shape index (κ1) is 19.2. The fourth-order valence-corrected chi connectivity index (χ4v) is 1.88. The Morgan fingerprint density at radius 1 is 0.958 bits per heavy atom. The molecule has 24 heavy (non-hydrogen) atoms. The van der Waals surface area contributed by atoms with E-state index in [1.165, 1.54) is 5.56 Å². The van der Waals surface area contributed by atoms with Crippen molar-refractivity contribution < 1.29 is 24.5 Å². The highest BCUT2D eigenvalue weighted by Gasteiger charge is 2.05. The molecule has 0 saturated heterocycles. The average molecular weight is 331 g/mol. The van der Waals surface area contributed by atoms with Crippen LogP contribution < -0.4 is 10.1 Å². The molecule has 0 atom stereocenters. The van der Waals surface area contributed by atoms with Crippen molar-refractivity contribution in [3.8, 4) is 16.9 Å². The van der Waals surface area contributed by atoms with E-state index < -0.39 is 11.9 Å². The molecular formula is C18H21NO5. The van der Waals surface area contributed by atoms with Gasteiger partial charge in [-0.2, -0.15) is 0 Å². The molecule has 2 aromatic carbocycles. The summed E-state index contributed by atoms with van der Waals surface area (Å²) in [5.74, 6) is -2.69. The number of rotatable bonds is 6. The lowest BCUT2D eigenvalue weighted by Crippen LogP contribution is -2.11. The summed E-state index contributed by atoms with van der Waals surface area (Å²) in [6.45, 7) is 1.72. The van der Waals surface area contributed by atoms with Crippen molar-refractivity contribution in [3.05, 3.63) is 54.6 Å². The van der Waals surface area contributed by atoms with Gasteiger partial charge in [0.05, 0.1) is 6.61 Å². The van der Waals surface area contributed by atoms with Crippen LogP contribution in [0, 0.1) is 0 Å². The Kier molecular flexibility index (Phi) is 8.63. The zero-order valence-corrected chi connectivity index (χ0v) is 13.4. The molecule has 128 valence electrons. The normalized spacial score (nSPS) is 9.54. The molecule has 0 unspecified atom stereocenters. The summed E-state index contributed by atoms with van der Waals surface area (Å²) in [5, 5.41) is 17.9. The zero-order chi connectivity index (χ0) is 17.8. The van der Waals surface area contributed by atoms with E-state index in [1.807, 2.05) is 43.4 Å². The van der Waals surface area contributed by atoms with Gasteiger partial charge in [-0.25, -0.2) is 9.59 Å². The lowest BCUT2D eigenvalue weighted by Gasteiger charge is -2.11. The van der Waals surface area contributed by atoms with Gasteiger partial charge in [0.25, 0.3) is 0 Å². The Labute approximate surface area is 140 Å². The minimum absolute atomic E-state index is 0.741. The minimum Gasteiger partial charge on any atom is -0.493 e. The molecule has 0 aliphatic heterocycles. The fourth-order valence-electron chi connectivity index (χ4n) is 1.88. The first-order valence-corrected chi connectivity index (χ1v) is 7.44. The molecule has 0 spiro atoms. The Balaban J connectivity index is 0.000000413. The number of aliphatic carboxylic acids is 2. The fraction of sp³-hybridized carbons (Fsp3) is 0.222. The monoisotopic (exact) mass is 331 g/mol. The molecule has 2 aromatic rings. The highest BCUT2D eigenvalue weighted by Crippen LogP contribution is 2.29. The van der Waals surface area contributed by atoms with Crippen LogP contribution in [0.2, 0.25) is 0 Å². The molecule has 3 N–H and O–H groups in total. The molecule has 2 rings (SSSR count). The van der Waals surface area contributed by atoms with Crippen LogP contribution in [0.3, 0.4) is 0 Å². The Bertz CT molecular complexity index is 631. The SMILES string of the molecule is CNCCCOc1ccccc1-c1ccccc1.O=C(O)C(=O)O. The third kappa shape index (κ3) is 6.93. The number of nitrogens with one attached hydrogen (secondary N) is 1. The summed E-state index contributed by atoms with van der Waals surface area (Å²) in [7, 11) is 1.96. The summed E-state index contributed by atoms with van der Waals surface area (Å²) >= 11 is 0. The van der Waals surface area contributed by atoms with Gasteiger partial charge in [0, 0.05) is 5.56 Å². The maximum Gasteiger partial charge on any atom is 0.414 e. The van der Waals surface area contributed by atoms with Crippen LogP contribution in [0.15, 0.2) is 54.6 Å². The van der Waals surface area contributed by atoms with Crippen LogP contribution in [-0.4, -0.2) is 42.4 Å². The Hall–Kier alpha value is -2.86. The van der Waals surface area contributed by atoms with Crippen molar-refractivity contribution in [2.75, 3.05) is 20.2 Å². The standard InChI is InChI=1S/C16H19NO.C2H2O4/c1-17-12-7-13-18-16-11-6-5-10-15(16)14-8-3-2-4-9-14;3-1(4)2(5)6/h2-6,8-11,17H,7,12-13H2,1H3;(H,3,4)(H,5,6). The quantitative estimate of drug-likeness (QED) is 0.556. The number of carbonyl (C=O) groups is 2. The van der Waals surface area contributed by atoms with Crippen LogP contribution in [-0.2, 0) is 9.59 Å². The Morgan fingerprint density at radius 3 is 2.12 bits per heavy atom. The van der Waals surface area contributed by atoms with Crippen LogP contribution in [0.1, 0.15) is 6.42 Å². The van der Waals surface area contributed by atoms with Gasteiger partial charge in [-0.15, -0.1) is 0 Å². The highest BCUT2D eigenvalue weighted by molar-refractivity contribution is 6.27. The third-order valence-electron chi connectivity index (χ3n) is 2.98. The number of ether oxygens (including phenoxy) is 1. The molecule has 0 aromatic heterocycles. The van der Waals surface area contributed by atoms with Gasteiger partial charge in [0.2, 0.25) is 0 Å². The Morgan fingerprint density at radius 2 is 1.54 bits per heavy atom. The molecule has 0 bridgehead atoms. The molecule has 0 radical (unpaired) electrons. The molecular weight excluding hydrogens is 310 g/mol. The van der Waals surface area contributed by atoms with Gasteiger partial charge >= 0.3 is 11.9 Å². The van der Waals surface area contributed by atoms with Gasteiger partial charge in [-0.05, 0) is 31.6 Å². The number of carboxylic acids is 2. The van der Waals surface area contributed by atoms with Crippen molar-refractivity contribution in [1.29, 1.82) is 0 Å². The zero-order valence-electron chi connectivity index (χ0n) is 13.4. The molecule has 0 amide bonds. The summed E-state index contributed by atoms with van der Waals surface area (Å²) in [6, 6.07) is 18.5. The molecule has 6 heteroatoms. The summed E-state index contributed by atoms with van der Waals surface area (Å²) in [5.41, 5.74) is 2.35. The van der Waals surface area contributed by atoms with E-state index in [9.17, 15) is 0 Å². The van der Waals surface area contributed by atoms with E-state index in [4.69, 9.17) is 24.5 Å². The van der Waals surface area contributed by atoms with Gasteiger partial charge in [0.15, 0.2) is 0 Å². The second-order valence-corrected chi connectivity index (χ2v) is 4.78. The van der Waals surface area contributed by atoms with Crippen LogP contribution >= 0.6 is 0 Å². The van der Waals surface area contributed by atoms with Crippen molar-refractivity contribution in [1.82, 2.24) is 5.32 Å². The molecule has 0 heterocycles. The summed E-state index contributed by atoms with van der Waals surface area (Å²) in [4.78, 5) is 18.2. The lowest BCUT2D eigenvalue weighted by atomic mass is 10.1. The van der Waals surface area contributed by atoms with Gasteiger partial charge in [0.1, 0.15) is 5.75 Å². The van der Waals surface area contributed by atoms with E-state index in [0.717, 1.165) is 30.9 Å². The van der Waals surface area contributed by atoms with Crippen molar-refractivity contribution in [2.24, 2.45) is 0 Å². The highest BCUT2D eigenvalue weighted by atomic mass is 16.5.